The molecule has 1 aromatic carbocycles. The molecule has 0 bridgehead atoms. The van der Waals surface area contributed by atoms with Crippen LogP contribution < -0.4 is 4.74 Å². The Morgan fingerprint density at radius 2 is 2.00 bits per heavy atom. The summed E-state index contributed by atoms with van der Waals surface area (Å²) in [6, 6.07) is 10.8. The molecule has 7 heteroatoms. The highest BCUT2D eigenvalue weighted by molar-refractivity contribution is 5.80. The molecular weight excluding hydrogens is 375 g/mol. The van der Waals surface area contributed by atoms with Crippen molar-refractivity contribution in [2.45, 2.75) is 36.9 Å². The molecule has 0 amide bonds. The van der Waals surface area contributed by atoms with E-state index in [0.29, 0.717) is 35.5 Å². The molecule has 6 nitrogen and oxygen atoms in total. The summed E-state index contributed by atoms with van der Waals surface area (Å²) < 4.78 is 26.0. The lowest BCUT2D eigenvalue weighted by Gasteiger charge is -2.12. The molecule has 0 unspecified atom stereocenters. The lowest BCUT2D eigenvalue weighted by Crippen LogP contribution is -2.17. The predicted molar refractivity (Wildman–Crippen MR) is 105 cm³/mol. The van der Waals surface area contributed by atoms with Gasteiger partial charge in [0, 0.05) is 29.5 Å². The van der Waals surface area contributed by atoms with Gasteiger partial charge in [-0.05, 0) is 18.4 Å². The first-order valence-electron chi connectivity index (χ1n) is 9.90. The van der Waals surface area contributed by atoms with Gasteiger partial charge in [0.1, 0.15) is 11.8 Å². The molecule has 152 valence electrons. The molecule has 2 aliphatic rings. The van der Waals surface area contributed by atoms with Crippen LogP contribution in [0.1, 0.15) is 24.8 Å². The standard InChI is InChI=1S/C22H23FN2O4/c23-17-8-18-19(9-20(24-18)29-16-7-15(10-26)28-11-16)25-21(17)13-1-3-14(4-2-13)22(12-27)5-6-22/h1-4,8-9,15-16,24,26-27H,5-7,10-12H2/t15-,16-/m0/s1. The number of benzene rings is 1. The number of nitrogens with one attached hydrogen (secondary N) is 1. The average molecular weight is 398 g/mol. The summed E-state index contributed by atoms with van der Waals surface area (Å²) in [6.07, 6.45) is 2.23. The van der Waals surface area contributed by atoms with Gasteiger partial charge >= 0.3 is 0 Å². The van der Waals surface area contributed by atoms with Crippen molar-refractivity contribution in [2.75, 3.05) is 19.8 Å². The largest absolute Gasteiger partial charge is 0.473 e. The van der Waals surface area contributed by atoms with Gasteiger partial charge in [0.05, 0.1) is 37.0 Å². The van der Waals surface area contributed by atoms with Crippen molar-refractivity contribution in [3.63, 3.8) is 0 Å². The highest BCUT2D eigenvalue weighted by Gasteiger charge is 2.43. The normalized spacial score (nSPS) is 22.9. The molecule has 0 spiro atoms. The van der Waals surface area contributed by atoms with E-state index < -0.39 is 5.82 Å². The van der Waals surface area contributed by atoms with E-state index in [1.165, 1.54) is 6.07 Å². The Hall–Kier alpha value is -2.48. The fraction of sp³-hybridized carbons (Fsp3) is 0.409. The van der Waals surface area contributed by atoms with E-state index in [2.05, 4.69) is 9.97 Å². The predicted octanol–water partition coefficient (Wildman–Crippen LogP) is 2.92. The molecule has 2 atom stereocenters. The van der Waals surface area contributed by atoms with Crippen molar-refractivity contribution >= 4 is 11.0 Å². The Morgan fingerprint density at radius 1 is 1.21 bits per heavy atom. The summed E-state index contributed by atoms with van der Waals surface area (Å²) in [7, 11) is 0. The molecule has 3 aromatic rings. The van der Waals surface area contributed by atoms with Gasteiger partial charge < -0.3 is 24.7 Å². The van der Waals surface area contributed by atoms with Crippen LogP contribution in [0.2, 0.25) is 0 Å². The second-order valence-corrected chi connectivity index (χ2v) is 8.01. The third kappa shape index (κ3) is 3.39. The molecule has 29 heavy (non-hydrogen) atoms. The number of fused-ring (bicyclic) bond motifs is 1. The van der Waals surface area contributed by atoms with Gasteiger partial charge in [-0.2, -0.15) is 0 Å². The van der Waals surface area contributed by atoms with Crippen molar-refractivity contribution < 1.29 is 24.1 Å². The van der Waals surface area contributed by atoms with Crippen molar-refractivity contribution in [3.05, 3.63) is 47.8 Å². The average Bonchev–Trinajstić information content (AvgIpc) is 3.25. The van der Waals surface area contributed by atoms with Crippen LogP contribution in [-0.2, 0) is 10.2 Å². The molecule has 2 aromatic heterocycles. The number of ether oxygens (including phenoxy) is 2. The minimum Gasteiger partial charge on any atom is -0.473 e. The third-order valence-corrected chi connectivity index (χ3v) is 6.00. The molecular formula is C22H23FN2O4. The molecule has 5 rings (SSSR count). The number of H-pyrrole nitrogens is 1. The number of aliphatic hydroxyl groups excluding tert-OH is 2. The number of hydrogen-bond donors (Lipinski definition) is 3. The second kappa shape index (κ2) is 7.09. The molecule has 3 N–H and O–H groups in total. The third-order valence-electron chi connectivity index (χ3n) is 6.00. The maximum Gasteiger partial charge on any atom is 0.193 e. The first kappa shape index (κ1) is 18.5. The van der Waals surface area contributed by atoms with Gasteiger partial charge in [0.2, 0.25) is 0 Å². The van der Waals surface area contributed by atoms with E-state index in [1.807, 2.05) is 24.3 Å². The van der Waals surface area contributed by atoms with Crippen LogP contribution in [0.3, 0.4) is 0 Å². The van der Waals surface area contributed by atoms with Crippen molar-refractivity contribution in [1.29, 1.82) is 0 Å². The molecule has 3 heterocycles. The maximum atomic E-state index is 14.7. The van der Waals surface area contributed by atoms with Crippen molar-refractivity contribution in [3.8, 4) is 17.1 Å². The van der Waals surface area contributed by atoms with Crippen LogP contribution in [0.4, 0.5) is 4.39 Å². The number of hydrogen-bond acceptors (Lipinski definition) is 5. The number of aromatic amines is 1. The molecule has 1 aliphatic carbocycles. The van der Waals surface area contributed by atoms with Gasteiger partial charge in [-0.25, -0.2) is 9.37 Å². The van der Waals surface area contributed by atoms with Crippen LogP contribution in [0.25, 0.3) is 22.3 Å². The van der Waals surface area contributed by atoms with Crippen molar-refractivity contribution in [2.24, 2.45) is 0 Å². The van der Waals surface area contributed by atoms with E-state index in [0.717, 1.165) is 18.4 Å². The van der Waals surface area contributed by atoms with E-state index >= 15 is 0 Å². The molecule has 2 fully saturated rings. The maximum absolute atomic E-state index is 14.7. The molecule has 1 saturated carbocycles. The van der Waals surface area contributed by atoms with Gasteiger partial charge in [0.25, 0.3) is 0 Å². The zero-order valence-electron chi connectivity index (χ0n) is 15.9. The lowest BCUT2D eigenvalue weighted by molar-refractivity contribution is 0.0531. The topological polar surface area (TPSA) is 87.6 Å². The molecule has 1 saturated heterocycles. The zero-order valence-corrected chi connectivity index (χ0v) is 15.9. The quantitative estimate of drug-likeness (QED) is 0.594. The number of halogens is 1. The van der Waals surface area contributed by atoms with Crippen LogP contribution >= 0.6 is 0 Å². The van der Waals surface area contributed by atoms with Crippen molar-refractivity contribution in [1.82, 2.24) is 9.97 Å². The Balaban J connectivity index is 1.39. The molecule has 0 radical (unpaired) electrons. The Morgan fingerprint density at radius 3 is 2.66 bits per heavy atom. The smallest absolute Gasteiger partial charge is 0.193 e. The fourth-order valence-electron chi connectivity index (χ4n) is 4.00. The fourth-order valence-corrected chi connectivity index (χ4v) is 4.00. The summed E-state index contributed by atoms with van der Waals surface area (Å²) >= 11 is 0. The molecule has 1 aliphatic heterocycles. The van der Waals surface area contributed by atoms with E-state index in [4.69, 9.17) is 14.6 Å². The summed E-state index contributed by atoms with van der Waals surface area (Å²) in [6.45, 7) is 0.526. The van der Waals surface area contributed by atoms with Gasteiger partial charge in [0.15, 0.2) is 11.7 Å². The SMILES string of the molecule is OC[C@@H]1C[C@H](Oc2cc3nc(-c4ccc(C5(CO)CC5)cc4)c(F)cc3[nH]2)CO1. The number of aliphatic hydroxyl groups is 2. The first-order valence-corrected chi connectivity index (χ1v) is 9.90. The minimum absolute atomic E-state index is 0.0269. The Labute approximate surface area is 167 Å². The monoisotopic (exact) mass is 398 g/mol. The number of nitrogens with zero attached hydrogens (tertiary/aromatic N) is 1. The van der Waals surface area contributed by atoms with E-state index in [-0.39, 0.29) is 36.5 Å². The van der Waals surface area contributed by atoms with Gasteiger partial charge in [-0.3, -0.25) is 0 Å². The number of aromatic nitrogens is 2. The highest BCUT2D eigenvalue weighted by Crippen LogP contribution is 2.47. The number of pyridine rings is 1. The Kier molecular flexibility index (Phi) is 4.53. The van der Waals surface area contributed by atoms with Crippen LogP contribution in [0, 0.1) is 5.82 Å². The number of rotatable bonds is 6. The summed E-state index contributed by atoms with van der Waals surface area (Å²) in [5, 5.41) is 18.7. The lowest BCUT2D eigenvalue weighted by atomic mass is 9.95. The summed E-state index contributed by atoms with van der Waals surface area (Å²) in [4.78, 5) is 7.54. The highest BCUT2D eigenvalue weighted by atomic mass is 19.1. The zero-order chi connectivity index (χ0) is 20.0. The first-order chi connectivity index (χ1) is 14.1. The summed E-state index contributed by atoms with van der Waals surface area (Å²) in [5.41, 5.74) is 3.14. The second-order valence-electron chi connectivity index (χ2n) is 8.01. The van der Waals surface area contributed by atoms with Gasteiger partial charge in [-0.15, -0.1) is 0 Å². The van der Waals surface area contributed by atoms with Crippen LogP contribution in [0.15, 0.2) is 36.4 Å². The summed E-state index contributed by atoms with van der Waals surface area (Å²) in [5.74, 6) is 0.0942. The van der Waals surface area contributed by atoms with E-state index in [9.17, 15) is 9.50 Å². The van der Waals surface area contributed by atoms with Crippen LogP contribution in [0.5, 0.6) is 5.88 Å². The van der Waals surface area contributed by atoms with E-state index in [1.54, 1.807) is 6.07 Å². The Bertz CT molecular complexity index is 1030. The van der Waals surface area contributed by atoms with Gasteiger partial charge in [-0.1, -0.05) is 24.3 Å². The minimum atomic E-state index is -0.411. The van der Waals surface area contributed by atoms with Crippen LogP contribution in [-0.4, -0.2) is 52.2 Å².